The SMILES string of the molecule is CCCC(C)(C)N(C)F. The largest absolute Gasteiger partial charge is 0.144 e. The van der Waals surface area contributed by atoms with Crippen LogP contribution in [0.25, 0.3) is 0 Å². The Hall–Kier alpha value is -0.110. The molecular formula is C7H16FN. The lowest BCUT2D eigenvalue weighted by atomic mass is 9.99. The Morgan fingerprint density at radius 1 is 1.44 bits per heavy atom. The predicted molar refractivity (Wildman–Crippen MR) is 37.9 cm³/mol. The standard InChI is InChI=1S/C7H16FN/c1-5-6-7(2,3)9(4)8/h5-6H2,1-4H3. The maximum absolute atomic E-state index is 12.5. The molecule has 0 atom stereocenters. The van der Waals surface area contributed by atoms with Gasteiger partial charge in [0.1, 0.15) is 0 Å². The Bertz CT molecular complexity index is 79.0. The van der Waals surface area contributed by atoms with Gasteiger partial charge in [-0.3, -0.25) is 0 Å². The van der Waals surface area contributed by atoms with E-state index in [1.807, 2.05) is 13.8 Å². The van der Waals surface area contributed by atoms with Gasteiger partial charge in [-0.15, -0.1) is 9.60 Å². The molecule has 0 aliphatic heterocycles. The normalized spacial score (nSPS) is 12.7. The summed E-state index contributed by atoms with van der Waals surface area (Å²) in [6, 6.07) is 0. The van der Waals surface area contributed by atoms with E-state index in [-0.39, 0.29) is 5.54 Å². The smallest absolute Gasteiger partial charge is 0.0453 e. The van der Waals surface area contributed by atoms with E-state index < -0.39 is 0 Å². The van der Waals surface area contributed by atoms with Gasteiger partial charge in [-0.25, -0.2) is 0 Å². The van der Waals surface area contributed by atoms with E-state index in [0.717, 1.165) is 18.0 Å². The summed E-state index contributed by atoms with van der Waals surface area (Å²) in [7, 11) is 1.47. The zero-order chi connectivity index (χ0) is 7.49. The first kappa shape index (κ1) is 8.89. The summed E-state index contributed by atoms with van der Waals surface area (Å²) in [4.78, 5) is 0. The Labute approximate surface area is 56.8 Å². The van der Waals surface area contributed by atoms with Crippen molar-refractivity contribution in [2.24, 2.45) is 0 Å². The van der Waals surface area contributed by atoms with Crippen molar-refractivity contribution in [2.45, 2.75) is 39.2 Å². The lowest BCUT2D eigenvalue weighted by Crippen LogP contribution is -2.34. The van der Waals surface area contributed by atoms with Crippen LogP contribution in [0.4, 0.5) is 4.48 Å². The molecule has 0 heterocycles. The summed E-state index contributed by atoms with van der Waals surface area (Å²) >= 11 is 0. The molecule has 0 amide bonds. The molecule has 0 aromatic rings. The molecule has 1 nitrogen and oxygen atoms in total. The number of halogens is 1. The number of rotatable bonds is 3. The Morgan fingerprint density at radius 2 is 1.89 bits per heavy atom. The molecular weight excluding hydrogens is 117 g/mol. The summed E-state index contributed by atoms with van der Waals surface area (Å²) in [5.41, 5.74) is -0.283. The van der Waals surface area contributed by atoms with Crippen LogP contribution < -0.4 is 0 Å². The van der Waals surface area contributed by atoms with Crippen LogP contribution in [0, 0.1) is 0 Å². The topological polar surface area (TPSA) is 3.24 Å². The van der Waals surface area contributed by atoms with Crippen LogP contribution in [-0.2, 0) is 0 Å². The molecule has 0 saturated carbocycles. The molecule has 0 spiro atoms. The average molecular weight is 133 g/mol. The highest BCUT2D eigenvalue weighted by atomic mass is 19.2. The van der Waals surface area contributed by atoms with Gasteiger partial charge in [-0.1, -0.05) is 13.3 Å². The van der Waals surface area contributed by atoms with Gasteiger partial charge in [0.2, 0.25) is 0 Å². The molecule has 9 heavy (non-hydrogen) atoms. The highest BCUT2D eigenvalue weighted by Crippen LogP contribution is 2.18. The quantitative estimate of drug-likeness (QED) is 0.534. The maximum Gasteiger partial charge on any atom is 0.0453 e. The first-order valence-electron chi connectivity index (χ1n) is 3.40. The summed E-state index contributed by atoms with van der Waals surface area (Å²) in [5.74, 6) is 0. The zero-order valence-corrected chi connectivity index (χ0v) is 6.74. The fourth-order valence-corrected chi connectivity index (χ4v) is 0.766. The van der Waals surface area contributed by atoms with E-state index in [2.05, 4.69) is 6.92 Å². The van der Waals surface area contributed by atoms with Gasteiger partial charge in [-0.05, 0) is 20.3 Å². The molecule has 0 aromatic heterocycles. The molecule has 0 aliphatic rings. The second-order valence-electron chi connectivity index (χ2n) is 3.04. The number of hydrogen-bond acceptors (Lipinski definition) is 1. The van der Waals surface area contributed by atoms with Crippen LogP contribution in [0.2, 0.25) is 0 Å². The van der Waals surface area contributed by atoms with E-state index in [0.29, 0.717) is 0 Å². The van der Waals surface area contributed by atoms with Crippen LogP contribution in [0.1, 0.15) is 33.6 Å². The summed E-state index contributed by atoms with van der Waals surface area (Å²) in [5, 5.41) is 0.774. The average Bonchev–Trinajstić information content (AvgIpc) is 1.65. The molecule has 0 unspecified atom stereocenters. The minimum absolute atomic E-state index is 0.283. The van der Waals surface area contributed by atoms with Crippen molar-refractivity contribution < 1.29 is 4.48 Å². The summed E-state index contributed by atoms with van der Waals surface area (Å²) in [6.45, 7) is 5.86. The van der Waals surface area contributed by atoms with Crippen LogP contribution >= 0.6 is 0 Å². The first-order valence-corrected chi connectivity index (χ1v) is 3.40. The minimum Gasteiger partial charge on any atom is -0.144 e. The van der Waals surface area contributed by atoms with Crippen molar-refractivity contribution in [2.75, 3.05) is 7.05 Å². The second-order valence-corrected chi connectivity index (χ2v) is 3.04. The highest BCUT2D eigenvalue weighted by molar-refractivity contribution is 4.72. The van der Waals surface area contributed by atoms with Crippen LogP contribution in [0.5, 0.6) is 0 Å². The zero-order valence-electron chi connectivity index (χ0n) is 6.74. The van der Waals surface area contributed by atoms with Gasteiger partial charge in [-0.2, -0.15) is 0 Å². The van der Waals surface area contributed by atoms with E-state index >= 15 is 0 Å². The van der Waals surface area contributed by atoms with Gasteiger partial charge in [0, 0.05) is 12.6 Å². The van der Waals surface area contributed by atoms with Gasteiger partial charge < -0.3 is 0 Å². The van der Waals surface area contributed by atoms with Crippen molar-refractivity contribution in [1.82, 2.24) is 5.12 Å². The Kier molecular flexibility index (Phi) is 3.12. The molecule has 0 rings (SSSR count). The van der Waals surface area contributed by atoms with Gasteiger partial charge in [0.25, 0.3) is 0 Å². The second kappa shape index (κ2) is 3.16. The Balaban J connectivity index is 3.70. The van der Waals surface area contributed by atoms with E-state index in [1.165, 1.54) is 7.05 Å². The van der Waals surface area contributed by atoms with Crippen LogP contribution in [0.15, 0.2) is 0 Å². The van der Waals surface area contributed by atoms with Crippen molar-refractivity contribution in [3.05, 3.63) is 0 Å². The minimum atomic E-state index is -0.283. The van der Waals surface area contributed by atoms with Crippen molar-refractivity contribution >= 4 is 0 Å². The molecule has 0 aromatic carbocycles. The number of hydrogen-bond donors (Lipinski definition) is 0. The lowest BCUT2D eigenvalue weighted by Gasteiger charge is -2.27. The monoisotopic (exact) mass is 133 g/mol. The fraction of sp³-hybridized carbons (Fsp3) is 1.00. The predicted octanol–water partition coefficient (Wildman–Crippen LogP) is 2.38. The van der Waals surface area contributed by atoms with Gasteiger partial charge in [0.15, 0.2) is 0 Å². The highest BCUT2D eigenvalue weighted by Gasteiger charge is 2.21. The third-order valence-electron chi connectivity index (χ3n) is 1.70. The summed E-state index contributed by atoms with van der Waals surface area (Å²) < 4.78 is 12.5. The van der Waals surface area contributed by atoms with Crippen LogP contribution in [0.3, 0.4) is 0 Å². The van der Waals surface area contributed by atoms with E-state index in [1.54, 1.807) is 0 Å². The van der Waals surface area contributed by atoms with E-state index in [4.69, 9.17) is 0 Å². The Morgan fingerprint density at radius 3 is 2.00 bits per heavy atom. The van der Waals surface area contributed by atoms with Gasteiger partial charge in [0.05, 0.1) is 0 Å². The third-order valence-corrected chi connectivity index (χ3v) is 1.70. The fourth-order valence-electron chi connectivity index (χ4n) is 0.766. The molecule has 0 N–H and O–H groups in total. The molecule has 56 valence electrons. The first-order chi connectivity index (χ1) is 4.00. The molecule has 0 aliphatic carbocycles. The van der Waals surface area contributed by atoms with E-state index in [9.17, 15) is 4.48 Å². The van der Waals surface area contributed by atoms with Crippen molar-refractivity contribution in [3.8, 4) is 0 Å². The molecule has 0 bridgehead atoms. The van der Waals surface area contributed by atoms with Crippen molar-refractivity contribution in [1.29, 1.82) is 0 Å². The lowest BCUT2D eigenvalue weighted by molar-refractivity contribution is -0.0450. The van der Waals surface area contributed by atoms with Crippen molar-refractivity contribution in [3.63, 3.8) is 0 Å². The number of nitrogens with zero attached hydrogens (tertiary/aromatic N) is 1. The van der Waals surface area contributed by atoms with Gasteiger partial charge >= 0.3 is 0 Å². The third kappa shape index (κ3) is 2.80. The van der Waals surface area contributed by atoms with Crippen LogP contribution in [-0.4, -0.2) is 17.7 Å². The molecule has 0 radical (unpaired) electrons. The maximum atomic E-state index is 12.5. The summed E-state index contributed by atoms with van der Waals surface area (Å²) in [6.07, 6.45) is 1.93. The molecule has 0 fully saturated rings. The molecule has 0 saturated heterocycles. The molecule has 2 heteroatoms.